The van der Waals surface area contributed by atoms with E-state index in [4.69, 9.17) is 4.74 Å². The SMILES string of the molecule is COC(=O)c1cccc(CN2CCN(C(=O)c3cccc(F)c3)CCC2=O)c1. The molecule has 0 unspecified atom stereocenters. The number of ether oxygens (including phenoxy) is 1. The van der Waals surface area contributed by atoms with E-state index >= 15 is 0 Å². The lowest BCUT2D eigenvalue weighted by atomic mass is 10.1. The molecule has 1 heterocycles. The van der Waals surface area contributed by atoms with Crippen LogP contribution in [0.25, 0.3) is 0 Å². The summed E-state index contributed by atoms with van der Waals surface area (Å²) in [6, 6.07) is 12.5. The minimum atomic E-state index is -0.469. The van der Waals surface area contributed by atoms with Crippen LogP contribution in [0.5, 0.6) is 0 Å². The highest BCUT2D eigenvalue weighted by atomic mass is 19.1. The van der Waals surface area contributed by atoms with E-state index in [0.29, 0.717) is 25.2 Å². The fourth-order valence-corrected chi connectivity index (χ4v) is 3.18. The summed E-state index contributed by atoms with van der Waals surface area (Å²) in [6.45, 7) is 1.35. The zero-order valence-electron chi connectivity index (χ0n) is 15.6. The summed E-state index contributed by atoms with van der Waals surface area (Å²) in [5.74, 6) is -1.26. The summed E-state index contributed by atoms with van der Waals surface area (Å²) >= 11 is 0. The molecule has 2 aromatic carbocycles. The lowest BCUT2D eigenvalue weighted by Gasteiger charge is -2.22. The van der Waals surface area contributed by atoms with Crippen LogP contribution in [0.2, 0.25) is 0 Å². The van der Waals surface area contributed by atoms with Crippen LogP contribution in [0.4, 0.5) is 4.39 Å². The van der Waals surface area contributed by atoms with Crippen LogP contribution < -0.4 is 0 Å². The average molecular weight is 384 g/mol. The molecule has 0 spiro atoms. The molecule has 2 amide bonds. The van der Waals surface area contributed by atoms with E-state index < -0.39 is 11.8 Å². The van der Waals surface area contributed by atoms with E-state index in [1.807, 2.05) is 6.07 Å². The second-order valence-electron chi connectivity index (χ2n) is 6.56. The zero-order valence-corrected chi connectivity index (χ0v) is 15.6. The summed E-state index contributed by atoms with van der Waals surface area (Å²) in [5.41, 5.74) is 1.50. The summed E-state index contributed by atoms with van der Waals surface area (Å²) in [5, 5.41) is 0. The molecule has 0 bridgehead atoms. The van der Waals surface area contributed by atoms with E-state index in [-0.39, 0.29) is 30.3 Å². The minimum Gasteiger partial charge on any atom is -0.465 e. The molecule has 1 aliphatic heterocycles. The fourth-order valence-electron chi connectivity index (χ4n) is 3.18. The smallest absolute Gasteiger partial charge is 0.337 e. The predicted octanol–water partition coefficient (Wildman–Crippen LogP) is 2.49. The standard InChI is InChI=1S/C21H21FN2O4/c1-28-21(27)17-6-2-4-15(12-17)14-24-11-10-23(9-8-19(24)25)20(26)16-5-3-7-18(22)13-16/h2-7,12-13H,8-11,14H2,1H3. The van der Waals surface area contributed by atoms with Crippen molar-refractivity contribution in [2.45, 2.75) is 13.0 Å². The average Bonchev–Trinajstić information content (AvgIpc) is 2.89. The highest BCUT2D eigenvalue weighted by molar-refractivity contribution is 5.94. The summed E-state index contributed by atoms with van der Waals surface area (Å²) in [4.78, 5) is 40.0. The first-order valence-corrected chi connectivity index (χ1v) is 8.98. The van der Waals surface area contributed by atoms with E-state index in [0.717, 1.165) is 5.56 Å². The number of halogens is 1. The molecular weight excluding hydrogens is 363 g/mol. The van der Waals surface area contributed by atoms with Gasteiger partial charge in [0, 0.05) is 38.2 Å². The number of esters is 1. The molecule has 28 heavy (non-hydrogen) atoms. The van der Waals surface area contributed by atoms with Gasteiger partial charge in [0.15, 0.2) is 0 Å². The van der Waals surface area contributed by atoms with Crippen molar-refractivity contribution in [3.63, 3.8) is 0 Å². The van der Waals surface area contributed by atoms with Crippen molar-refractivity contribution in [2.24, 2.45) is 0 Å². The molecule has 1 aliphatic rings. The van der Waals surface area contributed by atoms with E-state index in [2.05, 4.69) is 0 Å². The van der Waals surface area contributed by atoms with Crippen molar-refractivity contribution in [3.05, 3.63) is 71.0 Å². The maximum absolute atomic E-state index is 13.4. The predicted molar refractivity (Wildman–Crippen MR) is 100 cm³/mol. The van der Waals surface area contributed by atoms with Crippen molar-refractivity contribution in [3.8, 4) is 0 Å². The molecule has 1 saturated heterocycles. The number of benzene rings is 2. The normalized spacial score (nSPS) is 14.6. The fraction of sp³-hybridized carbons (Fsp3) is 0.286. The van der Waals surface area contributed by atoms with Crippen molar-refractivity contribution >= 4 is 17.8 Å². The molecule has 2 aromatic rings. The minimum absolute atomic E-state index is 0.0713. The zero-order chi connectivity index (χ0) is 20.1. The number of hydrogen-bond donors (Lipinski definition) is 0. The van der Waals surface area contributed by atoms with Gasteiger partial charge < -0.3 is 14.5 Å². The lowest BCUT2D eigenvalue weighted by Crippen LogP contribution is -2.35. The van der Waals surface area contributed by atoms with Gasteiger partial charge >= 0.3 is 5.97 Å². The number of methoxy groups -OCH3 is 1. The molecule has 0 aromatic heterocycles. The molecule has 0 radical (unpaired) electrons. The highest BCUT2D eigenvalue weighted by Crippen LogP contribution is 2.15. The Morgan fingerprint density at radius 1 is 1.04 bits per heavy atom. The molecule has 146 valence electrons. The molecule has 3 rings (SSSR count). The third-order valence-corrected chi connectivity index (χ3v) is 4.67. The van der Waals surface area contributed by atoms with Gasteiger partial charge in [-0.15, -0.1) is 0 Å². The van der Waals surface area contributed by atoms with Crippen molar-refractivity contribution < 1.29 is 23.5 Å². The van der Waals surface area contributed by atoms with Gasteiger partial charge in [-0.3, -0.25) is 9.59 Å². The van der Waals surface area contributed by atoms with Gasteiger partial charge in [0.05, 0.1) is 12.7 Å². The summed E-state index contributed by atoms with van der Waals surface area (Å²) < 4.78 is 18.1. The lowest BCUT2D eigenvalue weighted by molar-refractivity contribution is -0.130. The van der Waals surface area contributed by atoms with Crippen molar-refractivity contribution in [1.29, 1.82) is 0 Å². The van der Waals surface area contributed by atoms with Crippen molar-refractivity contribution in [1.82, 2.24) is 9.80 Å². The Hall–Kier alpha value is -3.22. The molecule has 7 heteroatoms. The van der Waals surface area contributed by atoms with Gasteiger partial charge in [-0.25, -0.2) is 9.18 Å². The largest absolute Gasteiger partial charge is 0.465 e. The topological polar surface area (TPSA) is 66.9 Å². The van der Waals surface area contributed by atoms with Crippen LogP contribution in [-0.4, -0.2) is 54.3 Å². The summed E-state index contributed by atoms with van der Waals surface area (Å²) in [6.07, 6.45) is 0.192. The van der Waals surface area contributed by atoms with Gasteiger partial charge in [0.2, 0.25) is 5.91 Å². The van der Waals surface area contributed by atoms with Gasteiger partial charge in [0.25, 0.3) is 5.91 Å². The van der Waals surface area contributed by atoms with Crippen LogP contribution in [0.1, 0.15) is 32.7 Å². The van der Waals surface area contributed by atoms with Crippen LogP contribution in [0.15, 0.2) is 48.5 Å². The number of nitrogens with zero attached hydrogens (tertiary/aromatic N) is 2. The second-order valence-corrected chi connectivity index (χ2v) is 6.56. The third kappa shape index (κ3) is 4.54. The van der Waals surface area contributed by atoms with Crippen LogP contribution in [0, 0.1) is 5.82 Å². The van der Waals surface area contributed by atoms with Gasteiger partial charge in [0.1, 0.15) is 5.82 Å². The maximum atomic E-state index is 13.4. The molecule has 0 atom stereocenters. The van der Waals surface area contributed by atoms with E-state index in [1.165, 1.54) is 25.3 Å². The van der Waals surface area contributed by atoms with Gasteiger partial charge in [-0.05, 0) is 35.9 Å². The van der Waals surface area contributed by atoms with Crippen LogP contribution in [0.3, 0.4) is 0 Å². The Balaban J connectivity index is 1.68. The number of hydrogen-bond acceptors (Lipinski definition) is 4. The first-order chi connectivity index (χ1) is 13.5. The number of carbonyl (C=O) groups excluding carboxylic acids is 3. The molecule has 0 aliphatic carbocycles. The Morgan fingerprint density at radius 2 is 1.79 bits per heavy atom. The second kappa shape index (κ2) is 8.65. The molecule has 0 N–H and O–H groups in total. The molecule has 0 saturated carbocycles. The quantitative estimate of drug-likeness (QED) is 0.760. The molecule has 6 nitrogen and oxygen atoms in total. The third-order valence-electron chi connectivity index (χ3n) is 4.67. The Bertz CT molecular complexity index is 899. The summed E-state index contributed by atoms with van der Waals surface area (Å²) in [7, 11) is 1.32. The van der Waals surface area contributed by atoms with E-state index in [1.54, 1.807) is 34.1 Å². The Morgan fingerprint density at radius 3 is 2.54 bits per heavy atom. The number of carbonyl (C=O) groups is 3. The van der Waals surface area contributed by atoms with Crippen LogP contribution >= 0.6 is 0 Å². The Kier molecular flexibility index (Phi) is 6.03. The van der Waals surface area contributed by atoms with Crippen molar-refractivity contribution in [2.75, 3.05) is 26.7 Å². The van der Waals surface area contributed by atoms with E-state index in [9.17, 15) is 18.8 Å². The monoisotopic (exact) mass is 384 g/mol. The first-order valence-electron chi connectivity index (χ1n) is 8.98. The molecule has 1 fully saturated rings. The maximum Gasteiger partial charge on any atom is 0.337 e. The van der Waals surface area contributed by atoms with Crippen LogP contribution in [-0.2, 0) is 16.1 Å². The van der Waals surface area contributed by atoms with Gasteiger partial charge in [-0.1, -0.05) is 18.2 Å². The highest BCUT2D eigenvalue weighted by Gasteiger charge is 2.25. The Labute approximate surface area is 162 Å². The molecular formula is C21H21FN2O4. The number of rotatable bonds is 4. The van der Waals surface area contributed by atoms with Gasteiger partial charge in [-0.2, -0.15) is 0 Å². The first kappa shape index (κ1) is 19.5. The number of amides is 2.